The Bertz CT molecular complexity index is 434. The highest BCUT2D eigenvalue weighted by atomic mass is 15.0. The highest BCUT2D eigenvalue weighted by Crippen LogP contribution is 2.46. The van der Waals surface area contributed by atoms with Crippen molar-refractivity contribution in [1.82, 2.24) is 9.97 Å². The van der Waals surface area contributed by atoms with Gasteiger partial charge in [0, 0.05) is 23.2 Å². The summed E-state index contributed by atoms with van der Waals surface area (Å²) in [5, 5.41) is 3.47. The van der Waals surface area contributed by atoms with Crippen LogP contribution in [0.15, 0.2) is 0 Å². The fourth-order valence-corrected chi connectivity index (χ4v) is 2.33. The van der Waals surface area contributed by atoms with E-state index < -0.39 is 0 Å². The average Bonchev–Trinajstić information content (AvgIpc) is 3.04. The Morgan fingerprint density at radius 2 is 1.94 bits per heavy atom. The maximum atomic E-state index is 4.80. The van der Waals surface area contributed by atoms with E-state index in [9.17, 15) is 0 Å². The second kappa shape index (κ2) is 4.87. The Kier molecular flexibility index (Phi) is 3.60. The van der Waals surface area contributed by atoms with E-state index in [1.54, 1.807) is 0 Å². The molecule has 0 spiro atoms. The molecule has 100 valence electrons. The van der Waals surface area contributed by atoms with E-state index in [1.165, 1.54) is 18.4 Å². The molecule has 0 bridgehead atoms. The summed E-state index contributed by atoms with van der Waals surface area (Å²) in [7, 11) is 0. The lowest BCUT2D eigenvalue weighted by atomic mass is 10.0. The van der Waals surface area contributed by atoms with Crippen LogP contribution >= 0.6 is 0 Å². The number of nitrogens with zero attached hydrogens (tertiary/aromatic N) is 2. The molecule has 0 aliphatic heterocycles. The molecule has 18 heavy (non-hydrogen) atoms. The van der Waals surface area contributed by atoms with Crippen LogP contribution < -0.4 is 5.32 Å². The summed E-state index contributed by atoms with van der Waals surface area (Å²) in [6.45, 7) is 12.0. The minimum absolute atomic E-state index is 0.239. The van der Waals surface area contributed by atoms with Crippen molar-refractivity contribution in [3.63, 3.8) is 0 Å². The minimum Gasteiger partial charge on any atom is -0.370 e. The molecule has 1 heterocycles. The van der Waals surface area contributed by atoms with E-state index in [2.05, 4.69) is 39.9 Å². The van der Waals surface area contributed by atoms with Crippen molar-refractivity contribution in [3.8, 4) is 0 Å². The zero-order valence-corrected chi connectivity index (χ0v) is 12.3. The number of hydrogen-bond acceptors (Lipinski definition) is 3. The van der Waals surface area contributed by atoms with Gasteiger partial charge in [0.25, 0.3) is 0 Å². The number of nitrogens with one attached hydrogen (secondary N) is 1. The maximum Gasteiger partial charge on any atom is 0.136 e. The smallest absolute Gasteiger partial charge is 0.136 e. The molecular formula is C15H25N3. The number of aromatic nitrogens is 2. The van der Waals surface area contributed by atoms with Crippen molar-refractivity contribution in [2.75, 3.05) is 11.9 Å². The first-order chi connectivity index (χ1) is 8.48. The van der Waals surface area contributed by atoms with Crippen molar-refractivity contribution < 1.29 is 0 Å². The molecule has 1 N–H and O–H groups in total. The molecule has 1 saturated carbocycles. The Morgan fingerprint density at radius 3 is 2.44 bits per heavy atom. The summed E-state index contributed by atoms with van der Waals surface area (Å²) in [5.41, 5.74) is 2.65. The van der Waals surface area contributed by atoms with Crippen LogP contribution in [-0.4, -0.2) is 16.5 Å². The zero-order valence-electron chi connectivity index (χ0n) is 12.3. The molecule has 1 aromatic heterocycles. The van der Waals surface area contributed by atoms with Crippen molar-refractivity contribution in [1.29, 1.82) is 0 Å². The van der Waals surface area contributed by atoms with Gasteiger partial charge in [0.2, 0.25) is 0 Å². The largest absolute Gasteiger partial charge is 0.370 e. The molecule has 0 amide bonds. The van der Waals surface area contributed by atoms with Crippen LogP contribution in [-0.2, 0) is 5.41 Å². The van der Waals surface area contributed by atoms with Gasteiger partial charge < -0.3 is 5.32 Å². The van der Waals surface area contributed by atoms with Gasteiger partial charge in [-0.2, -0.15) is 0 Å². The van der Waals surface area contributed by atoms with E-state index in [0.717, 1.165) is 30.3 Å². The van der Waals surface area contributed by atoms with Gasteiger partial charge >= 0.3 is 0 Å². The molecule has 0 atom stereocenters. The topological polar surface area (TPSA) is 37.8 Å². The monoisotopic (exact) mass is 247 g/mol. The normalized spacial score (nSPS) is 17.0. The van der Waals surface area contributed by atoms with Gasteiger partial charge in [-0.05, 0) is 32.1 Å². The molecule has 1 aromatic rings. The molecule has 1 aliphatic carbocycles. The average molecular weight is 247 g/mol. The van der Waals surface area contributed by atoms with Crippen molar-refractivity contribution in [2.24, 2.45) is 0 Å². The van der Waals surface area contributed by atoms with Gasteiger partial charge in [-0.3, -0.25) is 0 Å². The van der Waals surface area contributed by atoms with Crippen LogP contribution in [0, 0.1) is 6.92 Å². The Hall–Kier alpha value is -1.12. The molecule has 1 fully saturated rings. The number of hydrogen-bond donors (Lipinski definition) is 1. The molecular weight excluding hydrogens is 222 g/mol. The fourth-order valence-electron chi connectivity index (χ4n) is 2.33. The summed E-state index contributed by atoms with van der Waals surface area (Å²) in [4.78, 5) is 9.55. The van der Waals surface area contributed by atoms with Gasteiger partial charge in [-0.25, -0.2) is 9.97 Å². The molecule has 1 aliphatic rings. The highest BCUT2D eigenvalue weighted by molar-refractivity contribution is 5.49. The van der Waals surface area contributed by atoms with Gasteiger partial charge in [-0.1, -0.05) is 27.7 Å². The predicted octanol–water partition coefficient (Wildman–Crippen LogP) is 3.78. The Labute approximate surface area is 110 Å². The van der Waals surface area contributed by atoms with Crippen molar-refractivity contribution >= 4 is 5.82 Å². The molecule has 3 nitrogen and oxygen atoms in total. The van der Waals surface area contributed by atoms with Crippen molar-refractivity contribution in [2.45, 2.75) is 65.2 Å². The molecule has 0 saturated heterocycles. The zero-order chi connectivity index (χ0) is 13.3. The van der Waals surface area contributed by atoms with E-state index in [1.807, 2.05) is 0 Å². The highest BCUT2D eigenvalue weighted by Gasteiger charge is 2.42. The first-order valence-corrected chi connectivity index (χ1v) is 7.11. The van der Waals surface area contributed by atoms with Crippen molar-refractivity contribution in [3.05, 3.63) is 17.1 Å². The molecule has 3 heteroatoms. The lowest BCUT2D eigenvalue weighted by Crippen LogP contribution is -2.15. The van der Waals surface area contributed by atoms with E-state index in [4.69, 9.17) is 9.97 Å². The number of rotatable bonds is 5. The molecule has 0 unspecified atom stereocenters. The standard InChI is InChI=1S/C15H25N3/c1-6-9-16-13-12(10(2)3)11(4)17-14(18-13)15(5)7-8-15/h10H,6-9H2,1-5H3,(H,16,17,18). The third-order valence-corrected chi connectivity index (χ3v) is 3.80. The van der Waals surface area contributed by atoms with Gasteiger partial charge in [0.1, 0.15) is 11.6 Å². The minimum atomic E-state index is 0.239. The summed E-state index contributed by atoms with van der Waals surface area (Å²) >= 11 is 0. The maximum absolute atomic E-state index is 4.80. The summed E-state index contributed by atoms with van der Waals surface area (Å²) in [6, 6.07) is 0. The van der Waals surface area contributed by atoms with Crippen LogP contribution in [0.2, 0.25) is 0 Å². The first-order valence-electron chi connectivity index (χ1n) is 7.11. The lowest BCUT2D eigenvalue weighted by molar-refractivity contribution is 0.691. The van der Waals surface area contributed by atoms with Crippen LogP contribution in [0.5, 0.6) is 0 Å². The van der Waals surface area contributed by atoms with Crippen LogP contribution in [0.25, 0.3) is 0 Å². The predicted molar refractivity (Wildman–Crippen MR) is 76.2 cm³/mol. The summed E-state index contributed by atoms with van der Waals surface area (Å²) < 4.78 is 0. The molecule has 0 aromatic carbocycles. The third kappa shape index (κ3) is 2.50. The Morgan fingerprint density at radius 1 is 1.28 bits per heavy atom. The number of anilines is 1. The molecule has 0 radical (unpaired) electrons. The molecule has 2 rings (SSSR count). The quantitative estimate of drug-likeness (QED) is 0.860. The second-order valence-electron chi connectivity index (χ2n) is 6.04. The number of aryl methyl sites for hydroxylation is 1. The lowest BCUT2D eigenvalue weighted by Gasteiger charge is -2.18. The van der Waals surface area contributed by atoms with Gasteiger partial charge in [0.15, 0.2) is 0 Å². The SMILES string of the molecule is CCCNc1nc(C2(C)CC2)nc(C)c1C(C)C. The van der Waals surface area contributed by atoms with E-state index in [0.29, 0.717) is 5.92 Å². The third-order valence-electron chi connectivity index (χ3n) is 3.80. The fraction of sp³-hybridized carbons (Fsp3) is 0.733. The van der Waals surface area contributed by atoms with E-state index >= 15 is 0 Å². The van der Waals surface area contributed by atoms with Crippen LogP contribution in [0.4, 0.5) is 5.82 Å². The Balaban J connectivity index is 2.40. The summed E-state index contributed by atoms with van der Waals surface area (Å²) in [6.07, 6.45) is 3.56. The van der Waals surface area contributed by atoms with Gasteiger partial charge in [0.05, 0.1) is 0 Å². The first kappa shape index (κ1) is 13.3. The van der Waals surface area contributed by atoms with E-state index in [-0.39, 0.29) is 5.41 Å². The van der Waals surface area contributed by atoms with Crippen LogP contribution in [0.1, 0.15) is 70.0 Å². The summed E-state index contributed by atoms with van der Waals surface area (Å²) in [5.74, 6) is 2.55. The van der Waals surface area contributed by atoms with Gasteiger partial charge in [-0.15, -0.1) is 0 Å². The van der Waals surface area contributed by atoms with Crippen LogP contribution in [0.3, 0.4) is 0 Å². The second-order valence-corrected chi connectivity index (χ2v) is 6.04.